The largest absolute Gasteiger partial charge is 0.495 e. The van der Waals surface area contributed by atoms with E-state index in [1.807, 2.05) is 0 Å². The van der Waals surface area contributed by atoms with Crippen LogP contribution >= 0.6 is 11.6 Å². The Morgan fingerprint density at radius 2 is 2.04 bits per heavy atom. The van der Waals surface area contributed by atoms with E-state index in [2.05, 4.69) is 10.3 Å². The molecular weight excluding hydrogens is 319 g/mol. The summed E-state index contributed by atoms with van der Waals surface area (Å²) in [7, 11) is 1.52. The van der Waals surface area contributed by atoms with Crippen molar-refractivity contribution in [3.63, 3.8) is 0 Å². The molecule has 0 bridgehead atoms. The van der Waals surface area contributed by atoms with Gasteiger partial charge in [-0.1, -0.05) is 11.6 Å². The molecule has 0 spiro atoms. The lowest BCUT2D eigenvalue weighted by Gasteiger charge is -2.08. The van der Waals surface area contributed by atoms with Crippen LogP contribution in [0.5, 0.6) is 5.75 Å². The van der Waals surface area contributed by atoms with E-state index in [1.165, 1.54) is 19.2 Å². The van der Waals surface area contributed by atoms with Crippen LogP contribution in [0.15, 0.2) is 36.4 Å². The number of hydrogen-bond donors (Lipinski definition) is 2. The minimum atomic E-state index is -0.339. The van der Waals surface area contributed by atoms with E-state index in [0.717, 1.165) is 0 Å². The van der Waals surface area contributed by atoms with Crippen LogP contribution in [-0.4, -0.2) is 18.0 Å². The number of carbonyl (C=O) groups is 1. The molecule has 6 heteroatoms. The molecule has 0 saturated carbocycles. The second kappa shape index (κ2) is 5.93. The van der Waals surface area contributed by atoms with Crippen LogP contribution in [0.25, 0.3) is 10.9 Å². The highest BCUT2D eigenvalue weighted by Gasteiger charge is 2.16. The van der Waals surface area contributed by atoms with Gasteiger partial charge in [-0.25, -0.2) is 4.39 Å². The molecule has 0 atom stereocenters. The van der Waals surface area contributed by atoms with Crippen LogP contribution in [-0.2, 0) is 0 Å². The van der Waals surface area contributed by atoms with E-state index in [0.29, 0.717) is 38.6 Å². The van der Waals surface area contributed by atoms with E-state index >= 15 is 0 Å². The van der Waals surface area contributed by atoms with Crippen LogP contribution in [0.3, 0.4) is 0 Å². The smallest absolute Gasteiger partial charge is 0.272 e. The number of aryl methyl sites for hydroxylation is 1. The summed E-state index contributed by atoms with van der Waals surface area (Å²) in [6.45, 7) is 1.77. The molecule has 2 aromatic carbocycles. The van der Waals surface area contributed by atoms with Crippen LogP contribution in [0.1, 0.15) is 16.1 Å². The number of aromatic amines is 1. The Bertz CT molecular complexity index is 905. The lowest BCUT2D eigenvalue weighted by molar-refractivity contribution is 0.102. The summed E-state index contributed by atoms with van der Waals surface area (Å²) >= 11 is 6.05. The van der Waals surface area contributed by atoms with Crippen molar-refractivity contribution in [3.05, 3.63) is 58.5 Å². The third-order valence-corrected chi connectivity index (χ3v) is 3.95. The Morgan fingerprint density at radius 1 is 1.26 bits per heavy atom. The average Bonchev–Trinajstić information content (AvgIpc) is 2.84. The third-order valence-electron chi connectivity index (χ3n) is 3.66. The maximum atomic E-state index is 13.3. The number of anilines is 1. The molecule has 0 unspecified atom stereocenters. The van der Waals surface area contributed by atoms with Crippen molar-refractivity contribution in [2.45, 2.75) is 6.92 Å². The Morgan fingerprint density at radius 3 is 2.74 bits per heavy atom. The number of nitrogens with one attached hydrogen (secondary N) is 2. The first-order chi connectivity index (χ1) is 11.0. The predicted molar refractivity (Wildman–Crippen MR) is 89.0 cm³/mol. The zero-order chi connectivity index (χ0) is 16.6. The van der Waals surface area contributed by atoms with Gasteiger partial charge >= 0.3 is 0 Å². The van der Waals surface area contributed by atoms with E-state index < -0.39 is 0 Å². The third kappa shape index (κ3) is 2.87. The molecule has 0 aliphatic rings. The second-order valence-electron chi connectivity index (χ2n) is 5.12. The van der Waals surface area contributed by atoms with Crippen molar-refractivity contribution >= 4 is 34.1 Å². The zero-order valence-corrected chi connectivity index (χ0v) is 13.3. The second-order valence-corrected chi connectivity index (χ2v) is 5.53. The van der Waals surface area contributed by atoms with Crippen LogP contribution in [0.4, 0.5) is 10.1 Å². The Kier molecular flexibility index (Phi) is 3.96. The number of rotatable bonds is 3. The molecule has 1 aromatic heterocycles. The van der Waals surface area contributed by atoms with E-state index in [9.17, 15) is 9.18 Å². The molecule has 0 aliphatic heterocycles. The highest BCUT2D eigenvalue weighted by atomic mass is 35.5. The monoisotopic (exact) mass is 332 g/mol. The lowest BCUT2D eigenvalue weighted by Crippen LogP contribution is -2.13. The maximum Gasteiger partial charge on any atom is 0.272 e. The molecule has 3 rings (SSSR count). The number of carbonyl (C=O) groups excluding carboxylic acids is 1. The summed E-state index contributed by atoms with van der Waals surface area (Å²) in [6.07, 6.45) is 0. The van der Waals surface area contributed by atoms with Gasteiger partial charge in [0, 0.05) is 16.6 Å². The van der Waals surface area contributed by atoms with E-state index in [4.69, 9.17) is 16.3 Å². The van der Waals surface area contributed by atoms with Crippen LogP contribution in [0, 0.1) is 12.7 Å². The number of benzene rings is 2. The Labute approximate surface area is 137 Å². The topological polar surface area (TPSA) is 54.1 Å². The van der Waals surface area contributed by atoms with Crippen molar-refractivity contribution in [3.8, 4) is 5.75 Å². The number of fused-ring (bicyclic) bond motifs is 1. The number of halogens is 2. The van der Waals surface area contributed by atoms with Crippen molar-refractivity contribution in [1.82, 2.24) is 4.98 Å². The van der Waals surface area contributed by atoms with Crippen molar-refractivity contribution in [2.24, 2.45) is 0 Å². The number of amides is 1. The molecule has 4 nitrogen and oxygen atoms in total. The summed E-state index contributed by atoms with van der Waals surface area (Å²) in [5.74, 6) is -0.129. The van der Waals surface area contributed by atoms with Gasteiger partial charge in [-0.15, -0.1) is 0 Å². The number of ether oxygens (including phenoxy) is 1. The first kappa shape index (κ1) is 15.4. The van der Waals surface area contributed by atoms with Crippen LogP contribution < -0.4 is 10.1 Å². The number of H-pyrrole nitrogens is 1. The molecule has 1 heterocycles. The fraction of sp³-hybridized carbons (Fsp3) is 0.118. The van der Waals surface area contributed by atoms with E-state index in [1.54, 1.807) is 31.2 Å². The molecule has 0 aliphatic carbocycles. The van der Waals surface area contributed by atoms with Crippen LogP contribution in [0.2, 0.25) is 5.02 Å². The SMILES string of the molecule is COc1ccc(NC(=O)c2[nH]c3ccc(F)cc3c2C)cc1Cl. The molecule has 0 saturated heterocycles. The van der Waals surface area contributed by atoms with Gasteiger partial charge < -0.3 is 15.0 Å². The maximum absolute atomic E-state index is 13.3. The highest BCUT2D eigenvalue weighted by molar-refractivity contribution is 6.32. The fourth-order valence-electron chi connectivity index (χ4n) is 2.46. The molecule has 2 N–H and O–H groups in total. The van der Waals surface area contributed by atoms with Gasteiger partial charge in [-0.3, -0.25) is 4.79 Å². The minimum Gasteiger partial charge on any atom is -0.495 e. The summed E-state index contributed by atoms with van der Waals surface area (Å²) in [5.41, 5.74) is 2.33. The van der Waals surface area contributed by atoms with Gasteiger partial charge in [0.15, 0.2) is 0 Å². The first-order valence-electron chi connectivity index (χ1n) is 6.92. The highest BCUT2D eigenvalue weighted by Crippen LogP contribution is 2.28. The minimum absolute atomic E-state index is 0.319. The number of aromatic nitrogens is 1. The molecule has 0 radical (unpaired) electrons. The lowest BCUT2D eigenvalue weighted by atomic mass is 10.1. The normalized spacial score (nSPS) is 10.8. The summed E-state index contributed by atoms with van der Waals surface area (Å²) in [6, 6.07) is 9.34. The van der Waals surface area contributed by atoms with Crippen molar-refractivity contribution in [2.75, 3.05) is 12.4 Å². The van der Waals surface area contributed by atoms with E-state index in [-0.39, 0.29) is 11.7 Å². The van der Waals surface area contributed by atoms with Gasteiger partial charge in [0.1, 0.15) is 17.3 Å². The summed E-state index contributed by atoms with van der Waals surface area (Å²) < 4.78 is 18.4. The molecule has 1 amide bonds. The molecule has 118 valence electrons. The number of methoxy groups -OCH3 is 1. The van der Waals surface area contributed by atoms with Crippen molar-refractivity contribution in [1.29, 1.82) is 0 Å². The summed E-state index contributed by atoms with van der Waals surface area (Å²) in [5, 5.41) is 3.85. The quantitative estimate of drug-likeness (QED) is 0.740. The first-order valence-corrected chi connectivity index (χ1v) is 7.30. The Hall–Kier alpha value is -2.53. The van der Waals surface area contributed by atoms with Crippen molar-refractivity contribution < 1.29 is 13.9 Å². The fourth-order valence-corrected chi connectivity index (χ4v) is 2.72. The Balaban J connectivity index is 1.91. The molecule has 3 aromatic rings. The van der Waals surface area contributed by atoms with Gasteiger partial charge in [-0.2, -0.15) is 0 Å². The molecule has 0 fully saturated rings. The van der Waals surface area contributed by atoms with Gasteiger partial charge in [-0.05, 0) is 48.9 Å². The summed E-state index contributed by atoms with van der Waals surface area (Å²) in [4.78, 5) is 15.5. The molecular formula is C17H14ClFN2O2. The predicted octanol–water partition coefficient (Wildman–Crippen LogP) is 4.53. The molecule has 23 heavy (non-hydrogen) atoms. The average molecular weight is 333 g/mol. The zero-order valence-electron chi connectivity index (χ0n) is 12.5. The standard InChI is InChI=1S/C17H14ClFN2O2/c1-9-12-7-10(19)3-5-14(12)21-16(9)17(22)20-11-4-6-15(23-2)13(18)8-11/h3-8,21H,1-2H3,(H,20,22). The van der Waals surface area contributed by atoms with Gasteiger partial charge in [0.25, 0.3) is 5.91 Å². The van der Waals surface area contributed by atoms with Gasteiger partial charge in [0.2, 0.25) is 0 Å². The van der Waals surface area contributed by atoms with Gasteiger partial charge in [0.05, 0.1) is 12.1 Å². The number of hydrogen-bond acceptors (Lipinski definition) is 2.